The van der Waals surface area contributed by atoms with Gasteiger partial charge in [-0.1, -0.05) is 12.8 Å². The Kier molecular flexibility index (Phi) is 4.03. The molecule has 2 atom stereocenters. The van der Waals surface area contributed by atoms with Gasteiger partial charge in [0, 0.05) is 18.6 Å². The van der Waals surface area contributed by atoms with Crippen LogP contribution in [-0.2, 0) is 0 Å². The van der Waals surface area contributed by atoms with Crippen LogP contribution in [0, 0.1) is 5.92 Å². The van der Waals surface area contributed by atoms with Gasteiger partial charge in [0.1, 0.15) is 0 Å². The van der Waals surface area contributed by atoms with Gasteiger partial charge in [-0.2, -0.15) is 10.2 Å². The molecule has 1 heterocycles. The van der Waals surface area contributed by atoms with Crippen LogP contribution < -0.4 is 5.32 Å². The van der Waals surface area contributed by atoms with E-state index in [2.05, 4.69) is 15.5 Å². The van der Waals surface area contributed by atoms with Crippen LogP contribution in [0.15, 0.2) is 18.5 Å². The number of nitrogens with zero attached hydrogens (tertiary/aromatic N) is 2. The Morgan fingerprint density at radius 2 is 2.24 bits per heavy atom. The van der Waals surface area contributed by atoms with E-state index < -0.39 is 0 Å². The normalized spacial score (nSPS) is 24.3. The third-order valence-electron chi connectivity index (χ3n) is 3.31. The van der Waals surface area contributed by atoms with E-state index in [0.29, 0.717) is 5.56 Å². The second kappa shape index (κ2) is 5.72. The number of rotatable bonds is 3. The Labute approximate surface area is 100 Å². The van der Waals surface area contributed by atoms with Gasteiger partial charge in [0.05, 0.1) is 18.0 Å². The molecular formula is C12H17N3O2. The summed E-state index contributed by atoms with van der Waals surface area (Å²) >= 11 is 0. The van der Waals surface area contributed by atoms with Crippen molar-refractivity contribution >= 4 is 5.91 Å². The van der Waals surface area contributed by atoms with Crippen molar-refractivity contribution in [2.45, 2.75) is 31.7 Å². The van der Waals surface area contributed by atoms with E-state index in [0.717, 1.165) is 25.7 Å². The number of aliphatic hydroxyl groups excluding tert-OH is 1. The quantitative estimate of drug-likeness (QED) is 0.811. The van der Waals surface area contributed by atoms with Crippen LogP contribution in [0.1, 0.15) is 36.0 Å². The molecule has 2 rings (SSSR count). The van der Waals surface area contributed by atoms with Gasteiger partial charge >= 0.3 is 0 Å². The number of carbonyl (C=O) groups excluding carboxylic acids is 1. The Morgan fingerprint density at radius 3 is 2.94 bits per heavy atom. The molecule has 2 unspecified atom stereocenters. The van der Waals surface area contributed by atoms with Gasteiger partial charge in [0.2, 0.25) is 0 Å². The third-order valence-corrected chi connectivity index (χ3v) is 3.31. The maximum atomic E-state index is 11.9. The topological polar surface area (TPSA) is 75.1 Å². The first kappa shape index (κ1) is 12.0. The smallest absolute Gasteiger partial charge is 0.253 e. The van der Waals surface area contributed by atoms with Gasteiger partial charge in [-0.05, 0) is 18.9 Å². The lowest BCUT2D eigenvalue weighted by Crippen LogP contribution is -2.43. The lowest BCUT2D eigenvalue weighted by molar-refractivity contribution is 0.0872. The summed E-state index contributed by atoms with van der Waals surface area (Å²) in [5, 5.41) is 19.6. The second-order valence-electron chi connectivity index (χ2n) is 4.44. The lowest BCUT2D eigenvalue weighted by Gasteiger charge is -2.30. The molecule has 0 saturated heterocycles. The van der Waals surface area contributed by atoms with Crippen LogP contribution in [0.2, 0.25) is 0 Å². The van der Waals surface area contributed by atoms with Crippen molar-refractivity contribution in [1.82, 2.24) is 15.5 Å². The van der Waals surface area contributed by atoms with Gasteiger partial charge < -0.3 is 10.4 Å². The highest BCUT2D eigenvalue weighted by molar-refractivity contribution is 5.93. The molecule has 1 amide bonds. The number of nitrogens with one attached hydrogen (secondary N) is 1. The molecule has 17 heavy (non-hydrogen) atoms. The summed E-state index contributed by atoms with van der Waals surface area (Å²) in [5.41, 5.74) is 0.516. The Balaban J connectivity index is 1.98. The van der Waals surface area contributed by atoms with E-state index >= 15 is 0 Å². The summed E-state index contributed by atoms with van der Waals surface area (Å²) in [6.07, 6.45) is 7.11. The molecule has 1 aromatic heterocycles. The summed E-state index contributed by atoms with van der Waals surface area (Å²) in [6, 6.07) is 1.72. The number of hydrogen-bond acceptors (Lipinski definition) is 4. The standard InChI is InChI=1S/C12H17N3O2/c16-8-10-3-1-2-4-11(10)15-12(17)9-5-6-13-14-7-9/h5-7,10-11,16H,1-4,8H2,(H,15,17). The average molecular weight is 235 g/mol. The molecular weight excluding hydrogens is 218 g/mol. The molecule has 1 aliphatic rings. The summed E-state index contributed by atoms with van der Waals surface area (Å²) in [4.78, 5) is 11.9. The third kappa shape index (κ3) is 3.00. The lowest BCUT2D eigenvalue weighted by atomic mass is 9.85. The van der Waals surface area contributed by atoms with E-state index in [1.807, 2.05) is 0 Å². The SMILES string of the molecule is O=C(NC1CCCCC1CO)c1ccnnc1. The maximum Gasteiger partial charge on any atom is 0.253 e. The van der Waals surface area contributed by atoms with E-state index in [-0.39, 0.29) is 24.5 Å². The monoisotopic (exact) mass is 235 g/mol. The van der Waals surface area contributed by atoms with E-state index in [9.17, 15) is 9.90 Å². The first-order valence-corrected chi connectivity index (χ1v) is 5.99. The fourth-order valence-corrected chi connectivity index (χ4v) is 2.29. The van der Waals surface area contributed by atoms with Crippen molar-refractivity contribution in [3.8, 4) is 0 Å². The van der Waals surface area contributed by atoms with Gasteiger partial charge in [0.15, 0.2) is 0 Å². The van der Waals surface area contributed by atoms with Crippen molar-refractivity contribution < 1.29 is 9.90 Å². The van der Waals surface area contributed by atoms with Crippen molar-refractivity contribution in [2.75, 3.05) is 6.61 Å². The highest BCUT2D eigenvalue weighted by Crippen LogP contribution is 2.24. The Morgan fingerprint density at radius 1 is 1.41 bits per heavy atom. The average Bonchev–Trinajstić information content (AvgIpc) is 2.40. The molecule has 1 saturated carbocycles. The number of carbonyl (C=O) groups is 1. The summed E-state index contributed by atoms with van der Waals surface area (Å²) < 4.78 is 0. The Bertz CT molecular complexity index is 369. The molecule has 1 aliphatic carbocycles. The van der Waals surface area contributed by atoms with Gasteiger partial charge in [-0.15, -0.1) is 0 Å². The summed E-state index contributed by atoms with van der Waals surface area (Å²) in [7, 11) is 0. The molecule has 0 radical (unpaired) electrons. The summed E-state index contributed by atoms with van der Waals surface area (Å²) in [6.45, 7) is 0.138. The van der Waals surface area contributed by atoms with Crippen LogP contribution in [0.5, 0.6) is 0 Å². The first-order valence-electron chi connectivity index (χ1n) is 5.99. The number of aliphatic hydroxyl groups is 1. The van der Waals surface area contributed by atoms with Crippen LogP contribution in [0.25, 0.3) is 0 Å². The highest BCUT2D eigenvalue weighted by atomic mass is 16.3. The predicted molar refractivity (Wildman–Crippen MR) is 62.3 cm³/mol. The molecule has 0 aliphatic heterocycles. The van der Waals surface area contributed by atoms with Crippen LogP contribution in [0.3, 0.4) is 0 Å². The van der Waals surface area contributed by atoms with Crippen molar-refractivity contribution in [3.63, 3.8) is 0 Å². The van der Waals surface area contributed by atoms with Gasteiger partial charge in [0.25, 0.3) is 5.91 Å². The molecule has 5 nitrogen and oxygen atoms in total. The molecule has 5 heteroatoms. The van der Waals surface area contributed by atoms with Crippen molar-refractivity contribution in [1.29, 1.82) is 0 Å². The van der Waals surface area contributed by atoms with Gasteiger partial charge in [-0.25, -0.2) is 0 Å². The Hall–Kier alpha value is -1.49. The predicted octanol–water partition coefficient (Wildman–Crippen LogP) is 0.757. The molecule has 0 aromatic carbocycles. The molecule has 1 aromatic rings. The molecule has 0 spiro atoms. The second-order valence-corrected chi connectivity index (χ2v) is 4.44. The number of hydrogen-bond donors (Lipinski definition) is 2. The zero-order chi connectivity index (χ0) is 12.1. The minimum absolute atomic E-state index is 0.0782. The minimum Gasteiger partial charge on any atom is -0.396 e. The fourth-order valence-electron chi connectivity index (χ4n) is 2.29. The van der Waals surface area contributed by atoms with Crippen LogP contribution >= 0.6 is 0 Å². The number of aromatic nitrogens is 2. The van der Waals surface area contributed by atoms with Crippen LogP contribution in [-0.4, -0.2) is 33.9 Å². The molecule has 0 bridgehead atoms. The number of amides is 1. The van der Waals surface area contributed by atoms with Gasteiger partial charge in [-0.3, -0.25) is 4.79 Å². The molecule has 2 N–H and O–H groups in total. The largest absolute Gasteiger partial charge is 0.396 e. The van der Waals surface area contributed by atoms with E-state index in [1.54, 1.807) is 6.07 Å². The maximum absolute atomic E-state index is 11.9. The molecule has 1 fully saturated rings. The van der Waals surface area contributed by atoms with Crippen LogP contribution in [0.4, 0.5) is 0 Å². The zero-order valence-electron chi connectivity index (χ0n) is 9.67. The first-order chi connectivity index (χ1) is 8.31. The zero-order valence-corrected chi connectivity index (χ0v) is 9.67. The fraction of sp³-hybridized carbons (Fsp3) is 0.583. The van der Waals surface area contributed by atoms with E-state index in [4.69, 9.17) is 0 Å². The highest BCUT2D eigenvalue weighted by Gasteiger charge is 2.26. The van der Waals surface area contributed by atoms with Crippen molar-refractivity contribution in [3.05, 3.63) is 24.0 Å². The molecule has 92 valence electrons. The van der Waals surface area contributed by atoms with Crippen molar-refractivity contribution in [2.24, 2.45) is 5.92 Å². The van der Waals surface area contributed by atoms with E-state index in [1.165, 1.54) is 12.4 Å². The minimum atomic E-state index is -0.134. The summed E-state index contributed by atoms with van der Waals surface area (Å²) in [5.74, 6) is 0.0488.